The molecule has 0 bridgehead atoms. The molecule has 1 unspecified atom stereocenters. The molecular formula is C5H8N2O5. The summed E-state index contributed by atoms with van der Waals surface area (Å²) < 4.78 is 0. The Morgan fingerprint density at radius 2 is 2.17 bits per heavy atom. The van der Waals surface area contributed by atoms with Crippen molar-refractivity contribution in [2.75, 3.05) is 6.54 Å². The number of carboxylic acids is 1. The maximum atomic E-state index is 10.6. The van der Waals surface area contributed by atoms with Gasteiger partial charge in [-0.05, 0) is 6.92 Å². The molecule has 68 valence electrons. The lowest BCUT2D eigenvalue weighted by Gasteiger charge is -2.05. The quantitative estimate of drug-likeness (QED) is 0.415. The van der Waals surface area contributed by atoms with Crippen molar-refractivity contribution in [3.63, 3.8) is 0 Å². The maximum Gasteiger partial charge on any atom is 0.325 e. The van der Waals surface area contributed by atoms with Gasteiger partial charge in [0.25, 0.3) is 12.5 Å². The second kappa shape index (κ2) is 4.27. The van der Waals surface area contributed by atoms with Gasteiger partial charge in [-0.15, -0.1) is 0 Å². The van der Waals surface area contributed by atoms with Crippen LogP contribution < -0.4 is 5.32 Å². The summed E-state index contributed by atoms with van der Waals surface area (Å²) in [7, 11) is 0. The molecule has 0 aliphatic carbocycles. The predicted molar refractivity (Wildman–Crippen MR) is 37.1 cm³/mol. The fourth-order valence-electron chi connectivity index (χ4n) is 0.466. The van der Waals surface area contributed by atoms with Crippen LogP contribution in [-0.4, -0.2) is 34.5 Å². The fourth-order valence-corrected chi connectivity index (χ4v) is 0.466. The van der Waals surface area contributed by atoms with Crippen molar-refractivity contribution in [2.24, 2.45) is 0 Å². The first kappa shape index (κ1) is 10.3. The highest BCUT2D eigenvalue weighted by molar-refractivity contribution is 5.83. The predicted octanol–water partition coefficient (Wildman–Crippen LogP) is -1.15. The van der Waals surface area contributed by atoms with Gasteiger partial charge in [-0.3, -0.25) is 19.7 Å². The molecule has 0 aliphatic heterocycles. The molecule has 7 heteroatoms. The third-order valence-electron chi connectivity index (χ3n) is 1.02. The van der Waals surface area contributed by atoms with E-state index in [4.69, 9.17) is 5.11 Å². The third-order valence-corrected chi connectivity index (χ3v) is 1.02. The van der Waals surface area contributed by atoms with Crippen LogP contribution in [0.5, 0.6) is 0 Å². The molecule has 0 heterocycles. The molecular weight excluding hydrogens is 168 g/mol. The number of carbonyl (C=O) groups excluding carboxylic acids is 1. The minimum Gasteiger partial charge on any atom is -0.480 e. The first-order valence-electron chi connectivity index (χ1n) is 3.07. The van der Waals surface area contributed by atoms with Crippen LogP contribution in [0, 0.1) is 10.1 Å². The number of rotatable bonds is 4. The summed E-state index contributed by atoms with van der Waals surface area (Å²) in [4.78, 5) is 29.6. The van der Waals surface area contributed by atoms with Crippen LogP contribution in [0.3, 0.4) is 0 Å². The van der Waals surface area contributed by atoms with E-state index < -0.39 is 29.4 Å². The van der Waals surface area contributed by atoms with Gasteiger partial charge in [0, 0.05) is 4.92 Å². The lowest BCUT2D eigenvalue weighted by molar-refractivity contribution is -0.467. The van der Waals surface area contributed by atoms with Crippen molar-refractivity contribution in [2.45, 2.75) is 13.0 Å². The molecule has 12 heavy (non-hydrogen) atoms. The van der Waals surface area contributed by atoms with Crippen molar-refractivity contribution in [3.8, 4) is 0 Å². The average Bonchev–Trinajstić information content (AvgIpc) is 1.84. The Morgan fingerprint density at radius 3 is 2.50 bits per heavy atom. The highest BCUT2D eigenvalue weighted by Crippen LogP contribution is 1.81. The van der Waals surface area contributed by atoms with Crippen molar-refractivity contribution < 1.29 is 19.6 Å². The van der Waals surface area contributed by atoms with Gasteiger partial charge in [-0.25, -0.2) is 0 Å². The minimum atomic E-state index is -1.23. The molecule has 0 aromatic carbocycles. The Morgan fingerprint density at radius 1 is 1.67 bits per heavy atom. The minimum absolute atomic E-state index is 0.829. The zero-order chi connectivity index (χ0) is 9.72. The Hall–Kier alpha value is -1.66. The number of nitrogens with one attached hydrogen (secondary N) is 1. The molecule has 2 N–H and O–H groups in total. The molecule has 0 aliphatic rings. The number of nitrogens with zero attached hydrogens (tertiary/aromatic N) is 1. The van der Waals surface area contributed by atoms with E-state index in [9.17, 15) is 19.7 Å². The van der Waals surface area contributed by atoms with Crippen LogP contribution in [0.1, 0.15) is 6.92 Å². The number of nitro groups is 1. The molecule has 0 radical (unpaired) electrons. The summed E-state index contributed by atoms with van der Waals surface area (Å²) >= 11 is 0. The lowest BCUT2D eigenvalue weighted by Crippen LogP contribution is -2.41. The van der Waals surface area contributed by atoms with Gasteiger partial charge in [-0.2, -0.15) is 0 Å². The topological polar surface area (TPSA) is 110 Å². The Bertz CT molecular complexity index is 214. The standard InChI is InChI=1S/C5H8N2O5/c1-3(5(9)10)6-4(8)2-7(11)12/h3H,2H2,1H3,(H,6,8)(H,9,10). The van der Waals surface area contributed by atoms with Gasteiger partial charge >= 0.3 is 5.97 Å². The number of carboxylic acid groups (broad SMARTS) is 1. The molecule has 0 saturated heterocycles. The monoisotopic (exact) mass is 176 g/mol. The van der Waals surface area contributed by atoms with E-state index in [0.717, 1.165) is 0 Å². The van der Waals surface area contributed by atoms with Gasteiger partial charge in [0.1, 0.15) is 6.04 Å². The van der Waals surface area contributed by atoms with Crippen LogP contribution >= 0.6 is 0 Å². The first-order chi connectivity index (χ1) is 5.43. The third kappa shape index (κ3) is 4.20. The summed E-state index contributed by atoms with van der Waals surface area (Å²) in [5.41, 5.74) is 0. The number of aliphatic carboxylic acids is 1. The largest absolute Gasteiger partial charge is 0.480 e. The van der Waals surface area contributed by atoms with E-state index in [-0.39, 0.29) is 0 Å². The Labute approximate surface area is 67.5 Å². The van der Waals surface area contributed by atoms with Crippen molar-refractivity contribution in [1.29, 1.82) is 0 Å². The van der Waals surface area contributed by atoms with Crippen LogP contribution in [0.4, 0.5) is 0 Å². The Kier molecular flexibility index (Phi) is 3.68. The van der Waals surface area contributed by atoms with Crippen LogP contribution in [0.15, 0.2) is 0 Å². The van der Waals surface area contributed by atoms with Crippen molar-refractivity contribution >= 4 is 11.9 Å². The average molecular weight is 176 g/mol. The summed E-state index contributed by atoms with van der Waals surface area (Å²) in [6.07, 6.45) is 0. The molecule has 0 saturated carbocycles. The number of hydrogen-bond donors (Lipinski definition) is 2. The Balaban J connectivity index is 3.85. The summed E-state index contributed by atoms with van der Waals surface area (Å²) in [5.74, 6) is -2.14. The normalized spacial score (nSPS) is 11.8. The van der Waals surface area contributed by atoms with Crippen LogP contribution in [0.25, 0.3) is 0 Å². The summed E-state index contributed by atoms with van der Waals surface area (Å²) in [5, 5.41) is 20.0. The van der Waals surface area contributed by atoms with E-state index in [1.807, 2.05) is 5.32 Å². The van der Waals surface area contributed by atoms with E-state index >= 15 is 0 Å². The van der Waals surface area contributed by atoms with E-state index in [1.165, 1.54) is 6.92 Å². The van der Waals surface area contributed by atoms with Gasteiger partial charge in [0.15, 0.2) is 0 Å². The summed E-state index contributed by atoms with van der Waals surface area (Å²) in [6.45, 7) is 0.317. The van der Waals surface area contributed by atoms with E-state index in [1.54, 1.807) is 0 Å². The molecule has 0 fully saturated rings. The molecule has 1 atom stereocenters. The number of carbonyl (C=O) groups is 2. The van der Waals surface area contributed by atoms with E-state index in [0.29, 0.717) is 0 Å². The highest BCUT2D eigenvalue weighted by Gasteiger charge is 2.16. The van der Waals surface area contributed by atoms with Gasteiger partial charge in [0.2, 0.25) is 0 Å². The molecule has 7 nitrogen and oxygen atoms in total. The lowest BCUT2D eigenvalue weighted by atomic mass is 10.3. The maximum absolute atomic E-state index is 10.6. The fraction of sp³-hybridized carbons (Fsp3) is 0.600. The van der Waals surface area contributed by atoms with Gasteiger partial charge in [-0.1, -0.05) is 0 Å². The second-order valence-electron chi connectivity index (χ2n) is 2.12. The van der Waals surface area contributed by atoms with Crippen LogP contribution in [-0.2, 0) is 9.59 Å². The molecule has 1 amide bonds. The van der Waals surface area contributed by atoms with Crippen LogP contribution in [0.2, 0.25) is 0 Å². The smallest absolute Gasteiger partial charge is 0.325 e. The highest BCUT2D eigenvalue weighted by atomic mass is 16.6. The summed E-state index contributed by atoms with van der Waals surface area (Å²) in [6, 6.07) is -1.10. The molecule has 0 aromatic heterocycles. The van der Waals surface area contributed by atoms with Gasteiger partial charge < -0.3 is 10.4 Å². The SMILES string of the molecule is CC(NC(=O)C[N+](=O)[O-])C(=O)O. The second-order valence-corrected chi connectivity index (χ2v) is 2.12. The molecule has 0 aromatic rings. The van der Waals surface area contributed by atoms with Crippen molar-refractivity contribution in [3.05, 3.63) is 10.1 Å². The zero-order valence-corrected chi connectivity index (χ0v) is 6.31. The number of hydrogen-bond acceptors (Lipinski definition) is 4. The van der Waals surface area contributed by atoms with Crippen molar-refractivity contribution in [1.82, 2.24) is 5.32 Å². The number of amides is 1. The first-order valence-corrected chi connectivity index (χ1v) is 3.07. The van der Waals surface area contributed by atoms with Gasteiger partial charge in [0.05, 0.1) is 0 Å². The zero-order valence-electron chi connectivity index (χ0n) is 6.31. The van der Waals surface area contributed by atoms with E-state index in [2.05, 4.69) is 0 Å². The molecule has 0 spiro atoms. The molecule has 0 rings (SSSR count).